The summed E-state index contributed by atoms with van der Waals surface area (Å²) in [4.78, 5) is 26.8. The summed E-state index contributed by atoms with van der Waals surface area (Å²) in [6.07, 6.45) is 6.72. The van der Waals surface area contributed by atoms with Gasteiger partial charge in [-0.2, -0.15) is 0 Å². The largest absolute Gasteiger partial charge is 0.339 e. The van der Waals surface area contributed by atoms with Crippen LogP contribution in [0.3, 0.4) is 0 Å². The van der Waals surface area contributed by atoms with Crippen molar-refractivity contribution in [1.29, 1.82) is 0 Å². The van der Waals surface area contributed by atoms with Crippen molar-refractivity contribution in [2.45, 2.75) is 64.0 Å². The molecular formula is C19H29N3O2. The maximum atomic E-state index is 12.9. The van der Waals surface area contributed by atoms with Crippen LogP contribution in [0.25, 0.3) is 0 Å². The highest BCUT2D eigenvalue weighted by Gasteiger charge is 2.24. The Kier molecular flexibility index (Phi) is 6.79. The summed E-state index contributed by atoms with van der Waals surface area (Å²) in [5, 5.41) is 2.86. The number of hydrogen-bond acceptors (Lipinski definition) is 3. The van der Waals surface area contributed by atoms with Crippen LogP contribution in [0.4, 0.5) is 5.69 Å². The summed E-state index contributed by atoms with van der Waals surface area (Å²) < 4.78 is 0. The third kappa shape index (κ3) is 5.06. The Bertz CT molecular complexity index is 565. The zero-order chi connectivity index (χ0) is 17.5. The minimum absolute atomic E-state index is 0.00920. The van der Waals surface area contributed by atoms with Gasteiger partial charge in [-0.05, 0) is 38.3 Å². The first-order valence-electron chi connectivity index (χ1n) is 8.90. The van der Waals surface area contributed by atoms with Crippen LogP contribution in [0.1, 0.15) is 62.2 Å². The molecule has 0 saturated heterocycles. The minimum atomic E-state index is -0.104. The van der Waals surface area contributed by atoms with E-state index >= 15 is 0 Å². The van der Waals surface area contributed by atoms with E-state index < -0.39 is 0 Å². The molecule has 5 heteroatoms. The van der Waals surface area contributed by atoms with Crippen LogP contribution < -0.4 is 11.1 Å². The standard InChI is InChI=1S/C19H29N3O2/c1-14(20)12-13-18(23)21-17-11-7-6-10-16(17)19(24)22(2)15-8-4-3-5-9-15/h6-7,10-11,14-15H,3-5,8-9,12-13,20H2,1-2H3,(H,21,23). The van der Waals surface area contributed by atoms with E-state index in [1.807, 2.05) is 31.0 Å². The molecule has 3 N–H and O–H groups in total. The molecule has 24 heavy (non-hydrogen) atoms. The van der Waals surface area contributed by atoms with Crippen molar-refractivity contribution in [3.8, 4) is 0 Å². The van der Waals surface area contributed by atoms with Gasteiger partial charge in [0.2, 0.25) is 5.91 Å². The van der Waals surface area contributed by atoms with Crippen molar-refractivity contribution in [2.24, 2.45) is 5.73 Å². The van der Waals surface area contributed by atoms with E-state index in [-0.39, 0.29) is 17.9 Å². The van der Waals surface area contributed by atoms with E-state index in [0.717, 1.165) is 12.8 Å². The summed E-state index contributed by atoms with van der Waals surface area (Å²) in [6.45, 7) is 1.88. The van der Waals surface area contributed by atoms with Crippen LogP contribution in [-0.2, 0) is 4.79 Å². The van der Waals surface area contributed by atoms with Crippen LogP contribution in [0.5, 0.6) is 0 Å². The Morgan fingerprint density at radius 3 is 2.58 bits per heavy atom. The second-order valence-corrected chi connectivity index (χ2v) is 6.82. The van der Waals surface area contributed by atoms with Gasteiger partial charge in [0.15, 0.2) is 0 Å². The van der Waals surface area contributed by atoms with E-state index in [1.165, 1.54) is 19.3 Å². The van der Waals surface area contributed by atoms with Crippen molar-refractivity contribution in [1.82, 2.24) is 4.90 Å². The molecule has 1 aromatic rings. The lowest BCUT2D eigenvalue weighted by Crippen LogP contribution is -2.38. The fraction of sp³-hybridized carbons (Fsp3) is 0.579. The fourth-order valence-corrected chi connectivity index (χ4v) is 3.17. The molecule has 1 saturated carbocycles. The molecule has 0 bridgehead atoms. The fourth-order valence-electron chi connectivity index (χ4n) is 3.17. The molecule has 2 rings (SSSR count). The molecule has 1 fully saturated rings. The second-order valence-electron chi connectivity index (χ2n) is 6.82. The Labute approximate surface area is 144 Å². The number of nitrogens with two attached hydrogens (primary N) is 1. The first-order valence-corrected chi connectivity index (χ1v) is 8.90. The summed E-state index contributed by atoms with van der Waals surface area (Å²) in [5.74, 6) is -0.127. The highest BCUT2D eigenvalue weighted by Crippen LogP contribution is 2.25. The number of para-hydroxylation sites is 1. The summed E-state index contributed by atoms with van der Waals surface area (Å²) in [5.41, 5.74) is 6.83. The van der Waals surface area contributed by atoms with Crippen LogP contribution in [0, 0.1) is 0 Å². The first kappa shape index (κ1) is 18.5. The van der Waals surface area contributed by atoms with Crippen molar-refractivity contribution >= 4 is 17.5 Å². The predicted octanol–water partition coefficient (Wildman–Crippen LogP) is 3.16. The summed E-state index contributed by atoms with van der Waals surface area (Å²) >= 11 is 0. The summed E-state index contributed by atoms with van der Waals surface area (Å²) in [7, 11) is 1.87. The molecule has 0 radical (unpaired) electrons. The van der Waals surface area contributed by atoms with E-state index in [2.05, 4.69) is 5.32 Å². The Morgan fingerprint density at radius 2 is 1.92 bits per heavy atom. The predicted molar refractivity (Wildman–Crippen MR) is 96.9 cm³/mol. The molecular weight excluding hydrogens is 302 g/mol. The van der Waals surface area contributed by atoms with Gasteiger partial charge in [0.1, 0.15) is 0 Å². The van der Waals surface area contributed by atoms with Crippen molar-refractivity contribution in [3.63, 3.8) is 0 Å². The topological polar surface area (TPSA) is 75.4 Å². The number of nitrogens with one attached hydrogen (secondary N) is 1. The molecule has 132 valence electrons. The van der Waals surface area contributed by atoms with Crippen molar-refractivity contribution in [2.75, 3.05) is 12.4 Å². The lowest BCUT2D eigenvalue weighted by molar-refractivity contribution is -0.116. The van der Waals surface area contributed by atoms with Crippen LogP contribution in [0.15, 0.2) is 24.3 Å². The molecule has 0 heterocycles. The molecule has 2 amide bonds. The van der Waals surface area contributed by atoms with Gasteiger partial charge in [-0.1, -0.05) is 31.4 Å². The number of carbonyl (C=O) groups is 2. The number of hydrogen-bond donors (Lipinski definition) is 2. The van der Waals surface area contributed by atoms with Gasteiger partial charge in [0.25, 0.3) is 5.91 Å². The lowest BCUT2D eigenvalue weighted by atomic mass is 9.94. The molecule has 1 aliphatic carbocycles. The normalized spacial score (nSPS) is 16.5. The monoisotopic (exact) mass is 331 g/mol. The van der Waals surface area contributed by atoms with Gasteiger partial charge in [0.05, 0.1) is 11.3 Å². The lowest BCUT2D eigenvalue weighted by Gasteiger charge is -2.31. The van der Waals surface area contributed by atoms with E-state index in [4.69, 9.17) is 5.73 Å². The molecule has 1 unspecified atom stereocenters. The Hall–Kier alpha value is -1.88. The van der Waals surface area contributed by atoms with Crippen LogP contribution in [-0.4, -0.2) is 35.8 Å². The van der Waals surface area contributed by atoms with Crippen LogP contribution >= 0.6 is 0 Å². The minimum Gasteiger partial charge on any atom is -0.339 e. The Balaban J connectivity index is 2.06. The number of anilines is 1. The third-order valence-corrected chi connectivity index (χ3v) is 4.70. The van der Waals surface area contributed by atoms with Crippen LogP contribution in [0.2, 0.25) is 0 Å². The zero-order valence-corrected chi connectivity index (χ0v) is 14.8. The van der Waals surface area contributed by atoms with E-state index in [9.17, 15) is 9.59 Å². The quantitative estimate of drug-likeness (QED) is 0.841. The maximum absolute atomic E-state index is 12.9. The number of benzene rings is 1. The number of amides is 2. The SMILES string of the molecule is CC(N)CCC(=O)Nc1ccccc1C(=O)N(C)C1CCCCC1. The molecule has 0 aromatic heterocycles. The third-order valence-electron chi connectivity index (χ3n) is 4.70. The van der Waals surface area contributed by atoms with E-state index in [1.54, 1.807) is 12.1 Å². The van der Waals surface area contributed by atoms with Gasteiger partial charge >= 0.3 is 0 Å². The average molecular weight is 331 g/mol. The highest BCUT2D eigenvalue weighted by atomic mass is 16.2. The maximum Gasteiger partial charge on any atom is 0.255 e. The van der Waals surface area contributed by atoms with Gasteiger partial charge < -0.3 is 16.0 Å². The molecule has 1 aliphatic rings. The van der Waals surface area contributed by atoms with E-state index in [0.29, 0.717) is 30.1 Å². The molecule has 1 atom stereocenters. The molecule has 0 spiro atoms. The Morgan fingerprint density at radius 1 is 1.25 bits per heavy atom. The van der Waals surface area contributed by atoms with Gasteiger partial charge in [-0.25, -0.2) is 0 Å². The number of nitrogens with zero attached hydrogens (tertiary/aromatic N) is 1. The number of rotatable bonds is 6. The van der Waals surface area contributed by atoms with Gasteiger partial charge in [-0.3, -0.25) is 9.59 Å². The summed E-state index contributed by atoms with van der Waals surface area (Å²) in [6, 6.07) is 7.52. The number of carbonyl (C=O) groups excluding carboxylic acids is 2. The molecule has 1 aromatic carbocycles. The van der Waals surface area contributed by atoms with Crippen molar-refractivity contribution < 1.29 is 9.59 Å². The highest BCUT2D eigenvalue weighted by molar-refractivity contribution is 6.03. The van der Waals surface area contributed by atoms with Gasteiger partial charge in [0, 0.05) is 25.6 Å². The van der Waals surface area contributed by atoms with Gasteiger partial charge in [-0.15, -0.1) is 0 Å². The second kappa shape index (κ2) is 8.83. The average Bonchev–Trinajstić information content (AvgIpc) is 2.60. The smallest absolute Gasteiger partial charge is 0.255 e. The first-order chi connectivity index (χ1) is 11.5. The molecule has 5 nitrogen and oxygen atoms in total. The molecule has 0 aliphatic heterocycles. The van der Waals surface area contributed by atoms with Crippen molar-refractivity contribution in [3.05, 3.63) is 29.8 Å². The zero-order valence-electron chi connectivity index (χ0n) is 14.8.